The molecule has 1 aliphatic carbocycles. The number of carbonyl (C=O) groups excluding carboxylic acids is 2. The van der Waals surface area contributed by atoms with E-state index in [1.54, 1.807) is 12.1 Å². The SMILES string of the molecule is Cc1ccsc1C1C(C#N)=C(N)N(NC(=O)c2ccncc2)C2=C1C(=O)CC(C)(C)C2. The zero-order valence-electron chi connectivity index (χ0n) is 17.6. The van der Waals surface area contributed by atoms with Crippen LogP contribution >= 0.6 is 11.3 Å². The lowest BCUT2D eigenvalue weighted by molar-refractivity contribution is -0.118. The third-order valence-electron chi connectivity index (χ3n) is 5.70. The molecule has 7 nitrogen and oxygen atoms in total. The second-order valence-electron chi connectivity index (χ2n) is 8.63. The second kappa shape index (κ2) is 7.67. The quantitative estimate of drug-likeness (QED) is 0.766. The van der Waals surface area contributed by atoms with Crippen molar-refractivity contribution in [2.75, 3.05) is 0 Å². The largest absolute Gasteiger partial charge is 0.383 e. The highest BCUT2D eigenvalue weighted by molar-refractivity contribution is 7.10. The van der Waals surface area contributed by atoms with E-state index in [-0.39, 0.29) is 22.6 Å². The predicted molar refractivity (Wildman–Crippen MR) is 117 cm³/mol. The first-order chi connectivity index (χ1) is 14.7. The smallest absolute Gasteiger partial charge is 0.270 e. The van der Waals surface area contributed by atoms with Crippen LogP contribution in [0, 0.1) is 23.7 Å². The molecule has 1 atom stereocenters. The van der Waals surface area contributed by atoms with E-state index in [0.717, 1.165) is 10.4 Å². The van der Waals surface area contributed by atoms with Gasteiger partial charge in [-0.1, -0.05) is 13.8 Å². The van der Waals surface area contributed by atoms with Gasteiger partial charge >= 0.3 is 0 Å². The first-order valence-electron chi connectivity index (χ1n) is 9.94. The maximum absolute atomic E-state index is 13.4. The van der Waals surface area contributed by atoms with E-state index in [0.29, 0.717) is 29.7 Å². The minimum absolute atomic E-state index is 0.0209. The van der Waals surface area contributed by atoms with Gasteiger partial charge in [-0.25, -0.2) is 5.01 Å². The molecule has 0 spiro atoms. The van der Waals surface area contributed by atoms with Crippen molar-refractivity contribution < 1.29 is 9.59 Å². The van der Waals surface area contributed by atoms with Crippen LogP contribution in [0.2, 0.25) is 0 Å². The van der Waals surface area contributed by atoms with Crippen LogP contribution in [0.5, 0.6) is 0 Å². The predicted octanol–water partition coefficient (Wildman–Crippen LogP) is 3.53. The van der Waals surface area contributed by atoms with Gasteiger partial charge in [0.15, 0.2) is 5.78 Å². The molecule has 1 amide bonds. The fraction of sp³-hybridized carbons (Fsp3) is 0.304. The average Bonchev–Trinajstić information content (AvgIpc) is 3.15. The molecule has 2 aliphatic rings. The van der Waals surface area contributed by atoms with Gasteiger partial charge < -0.3 is 5.73 Å². The van der Waals surface area contributed by atoms with E-state index in [9.17, 15) is 14.9 Å². The number of ketones is 1. The van der Waals surface area contributed by atoms with Crippen molar-refractivity contribution in [3.8, 4) is 6.07 Å². The molecule has 158 valence electrons. The Hall–Kier alpha value is -3.44. The number of allylic oxidation sites excluding steroid dienone is 3. The maximum atomic E-state index is 13.4. The highest BCUT2D eigenvalue weighted by atomic mass is 32.1. The lowest BCUT2D eigenvalue weighted by Crippen LogP contribution is -2.49. The summed E-state index contributed by atoms with van der Waals surface area (Å²) in [5.74, 6) is -0.784. The van der Waals surface area contributed by atoms with Gasteiger partial charge in [0.1, 0.15) is 5.82 Å². The fourth-order valence-corrected chi connectivity index (χ4v) is 5.29. The van der Waals surface area contributed by atoms with Gasteiger partial charge in [0, 0.05) is 34.8 Å². The van der Waals surface area contributed by atoms with E-state index in [1.807, 2.05) is 32.2 Å². The van der Waals surface area contributed by atoms with Crippen molar-refractivity contribution in [3.63, 3.8) is 0 Å². The van der Waals surface area contributed by atoms with Gasteiger partial charge in [-0.2, -0.15) is 5.26 Å². The van der Waals surface area contributed by atoms with Gasteiger partial charge in [0.05, 0.1) is 23.3 Å². The molecule has 4 rings (SSSR count). The maximum Gasteiger partial charge on any atom is 0.270 e. The zero-order chi connectivity index (χ0) is 22.3. The lowest BCUT2D eigenvalue weighted by atomic mass is 9.70. The molecule has 2 aromatic heterocycles. The minimum Gasteiger partial charge on any atom is -0.383 e. The number of aryl methyl sites for hydroxylation is 1. The molecule has 3 N–H and O–H groups in total. The minimum atomic E-state index is -0.516. The Balaban J connectivity index is 1.87. The van der Waals surface area contributed by atoms with E-state index in [4.69, 9.17) is 5.73 Å². The van der Waals surface area contributed by atoms with E-state index < -0.39 is 11.8 Å². The molecule has 0 saturated heterocycles. The van der Waals surface area contributed by atoms with Gasteiger partial charge in [0.2, 0.25) is 0 Å². The van der Waals surface area contributed by atoms with Crippen molar-refractivity contribution >= 4 is 23.0 Å². The standard InChI is InChI=1S/C23H23N5O2S/c1-13-6-9-31-20(13)18-15(12-24)21(25)28(27-22(30)14-4-7-26-8-5-14)16-10-23(2,3)11-17(29)19(16)18/h4-9,18H,10-11,25H2,1-3H3,(H,27,30). The van der Waals surface area contributed by atoms with Crippen LogP contribution in [0.25, 0.3) is 0 Å². The van der Waals surface area contributed by atoms with Gasteiger partial charge in [-0.05, 0) is 47.9 Å². The van der Waals surface area contributed by atoms with Crippen LogP contribution in [0.15, 0.2) is 58.6 Å². The molecule has 31 heavy (non-hydrogen) atoms. The number of nitriles is 1. The fourth-order valence-electron chi connectivity index (χ4n) is 4.25. The van der Waals surface area contributed by atoms with Crippen molar-refractivity contribution in [1.82, 2.24) is 15.4 Å². The summed E-state index contributed by atoms with van der Waals surface area (Å²) in [4.78, 5) is 31.1. The number of nitrogens with two attached hydrogens (primary N) is 1. The number of amides is 1. The summed E-state index contributed by atoms with van der Waals surface area (Å²) in [6.45, 7) is 6.00. The summed E-state index contributed by atoms with van der Waals surface area (Å²) >= 11 is 1.51. The summed E-state index contributed by atoms with van der Waals surface area (Å²) < 4.78 is 0. The number of carbonyl (C=O) groups is 2. The average molecular weight is 434 g/mol. The summed E-state index contributed by atoms with van der Waals surface area (Å²) in [6.07, 6.45) is 3.97. The first kappa shape index (κ1) is 20.8. The molecule has 2 aromatic rings. The Bertz CT molecular complexity index is 1170. The number of pyridine rings is 1. The molecule has 1 unspecified atom stereocenters. The number of Topliss-reactive ketones (excluding diaryl/α,β-unsaturated/α-hetero) is 1. The molecular formula is C23H23N5O2S. The van der Waals surface area contributed by atoms with Crippen LogP contribution in [0.3, 0.4) is 0 Å². The molecule has 0 fully saturated rings. The zero-order valence-corrected chi connectivity index (χ0v) is 18.4. The van der Waals surface area contributed by atoms with Gasteiger partial charge in [-0.3, -0.25) is 20.0 Å². The third kappa shape index (κ3) is 3.62. The number of hydrogen-bond acceptors (Lipinski definition) is 7. The van der Waals surface area contributed by atoms with E-state index in [1.165, 1.54) is 28.7 Å². The van der Waals surface area contributed by atoms with E-state index >= 15 is 0 Å². The Morgan fingerprint density at radius 1 is 1.32 bits per heavy atom. The lowest BCUT2D eigenvalue weighted by Gasteiger charge is -2.43. The Morgan fingerprint density at radius 3 is 2.65 bits per heavy atom. The topological polar surface area (TPSA) is 112 Å². The molecule has 0 aromatic carbocycles. The number of aromatic nitrogens is 1. The molecule has 0 bridgehead atoms. The third-order valence-corrected chi connectivity index (χ3v) is 6.78. The van der Waals surface area contributed by atoms with Crippen LogP contribution < -0.4 is 11.2 Å². The number of hydrogen-bond donors (Lipinski definition) is 2. The van der Waals surface area contributed by atoms with Crippen LogP contribution in [-0.2, 0) is 4.79 Å². The summed E-state index contributed by atoms with van der Waals surface area (Å²) in [5.41, 5.74) is 11.9. The number of thiophene rings is 1. The Morgan fingerprint density at radius 2 is 2.03 bits per heavy atom. The number of nitrogens with one attached hydrogen (secondary N) is 1. The Labute approximate surface area is 184 Å². The first-order valence-corrected chi connectivity index (χ1v) is 10.8. The Kier molecular flexibility index (Phi) is 5.15. The summed E-state index contributed by atoms with van der Waals surface area (Å²) in [6, 6.07) is 7.36. The molecule has 0 radical (unpaired) electrons. The molecule has 3 heterocycles. The van der Waals surface area contributed by atoms with Crippen molar-refractivity contribution in [2.24, 2.45) is 11.1 Å². The van der Waals surface area contributed by atoms with Crippen molar-refractivity contribution in [2.45, 2.75) is 39.5 Å². The highest BCUT2D eigenvalue weighted by Gasteiger charge is 2.45. The van der Waals surface area contributed by atoms with Crippen molar-refractivity contribution in [3.05, 3.63) is 74.6 Å². The van der Waals surface area contributed by atoms with Crippen LogP contribution in [0.4, 0.5) is 0 Å². The summed E-state index contributed by atoms with van der Waals surface area (Å²) in [5, 5.41) is 13.4. The van der Waals surface area contributed by atoms with Crippen LogP contribution in [0.1, 0.15) is 53.4 Å². The molecule has 8 heteroatoms. The number of hydrazine groups is 1. The van der Waals surface area contributed by atoms with Gasteiger partial charge in [0.25, 0.3) is 5.91 Å². The van der Waals surface area contributed by atoms with Crippen LogP contribution in [-0.4, -0.2) is 21.7 Å². The molecular weight excluding hydrogens is 410 g/mol. The normalized spacial score (nSPS) is 20.4. The molecule has 1 aliphatic heterocycles. The molecule has 0 saturated carbocycles. The monoisotopic (exact) mass is 433 g/mol. The number of rotatable bonds is 3. The van der Waals surface area contributed by atoms with Crippen molar-refractivity contribution in [1.29, 1.82) is 5.26 Å². The number of nitrogens with zero attached hydrogens (tertiary/aromatic N) is 3. The van der Waals surface area contributed by atoms with E-state index in [2.05, 4.69) is 16.5 Å². The van der Waals surface area contributed by atoms with Gasteiger partial charge in [-0.15, -0.1) is 11.3 Å². The highest BCUT2D eigenvalue weighted by Crippen LogP contribution is 2.49. The second-order valence-corrected chi connectivity index (χ2v) is 9.57. The summed E-state index contributed by atoms with van der Waals surface area (Å²) in [7, 11) is 0.